The summed E-state index contributed by atoms with van der Waals surface area (Å²) in [5, 5.41) is 8.71. The lowest BCUT2D eigenvalue weighted by atomic mass is 10.2. The molecule has 0 fully saturated rings. The molecule has 4 heteroatoms. The highest BCUT2D eigenvalue weighted by Crippen LogP contribution is 1.99. The van der Waals surface area contributed by atoms with Gasteiger partial charge in [-0.2, -0.15) is 0 Å². The second-order valence-electron chi connectivity index (χ2n) is 4.67. The van der Waals surface area contributed by atoms with Gasteiger partial charge in [-0.3, -0.25) is 0 Å². The predicted molar refractivity (Wildman–Crippen MR) is 85.7 cm³/mol. The van der Waals surface area contributed by atoms with E-state index in [1.165, 1.54) is 0 Å². The first-order chi connectivity index (χ1) is 10.9. The van der Waals surface area contributed by atoms with E-state index in [1.807, 2.05) is 97.9 Å². The Morgan fingerprint density at radius 3 is 1.27 bits per heavy atom. The molecule has 0 N–H and O–H groups in total. The Morgan fingerprint density at radius 1 is 0.545 bits per heavy atom. The molecule has 22 heavy (non-hydrogen) atoms. The van der Waals surface area contributed by atoms with Crippen molar-refractivity contribution in [2.45, 2.75) is 0 Å². The SMILES string of the molecule is C(=N[n+]1ccccc1)c1ccc(C=N[n+]2ccccc2)cc1. The van der Waals surface area contributed by atoms with E-state index in [0.717, 1.165) is 11.1 Å². The first-order valence-electron chi connectivity index (χ1n) is 7.01. The summed E-state index contributed by atoms with van der Waals surface area (Å²) in [7, 11) is 0. The van der Waals surface area contributed by atoms with Gasteiger partial charge >= 0.3 is 0 Å². The van der Waals surface area contributed by atoms with Crippen LogP contribution in [0.15, 0.2) is 95.7 Å². The summed E-state index contributed by atoms with van der Waals surface area (Å²) in [6, 6.07) is 19.8. The molecule has 0 spiro atoms. The number of nitrogens with zero attached hydrogens (tertiary/aromatic N) is 4. The zero-order chi connectivity index (χ0) is 15.0. The summed E-state index contributed by atoms with van der Waals surface area (Å²) >= 11 is 0. The zero-order valence-corrected chi connectivity index (χ0v) is 12.0. The smallest absolute Gasteiger partial charge is 0.0596 e. The summed E-state index contributed by atoms with van der Waals surface area (Å²) < 4.78 is 3.53. The molecule has 0 radical (unpaired) electrons. The molecule has 0 saturated carbocycles. The summed E-state index contributed by atoms with van der Waals surface area (Å²) in [5.74, 6) is 0. The van der Waals surface area contributed by atoms with Crippen molar-refractivity contribution >= 4 is 12.4 Å². The number of rotatable bonds is 4. The average molecular weight is 288 g/mol. The monoisotopic (exact) mass is 288 g/mol. The topological polar surface area (TPSA) is 32.5 Å². The Labute approximate surface area is 129 Å². The fraction of sp³-hybridized carbons (Fsp3) is 0. The third-order valence-electron chi connectivity index (χ3n) is 3.02. The first-order valence-corrected chi connectivity index (χ1v) is 7.01. The molecule has 0 bridgehead atoms. The second-order valence-corrected chi connectivity index (χ2v) is 4.67. The van der Waals surface area contributed by atoms with Gasteiger partial charge in [-0.05, 0) is 21.3 Å². The van der Waals surface area contributed by atoms with Gasteiger partial charge in [-0.1, -0.05) is 45.8 Å². The van der Waals surface area contributed by atoms with Gasteiger partial charge in [0, 0.05) is 24.3 Å². The van der Waals surface area contributed by atoms with Crippen molar-refractivity contribution in [2.24, 2.45) is 10.2 Å². The minimum Gasteiger partial charge on any atom is -0.0596 e. The van der Waals surface area contributed by atoms with Crippen LogP contribution in [0.25, 0.3) is 0 Å². The van der Waals surface area contributed by atoms with Gasteiger partial charge in [0.25, 0.3) is 0 Å². The fourth-order valence-corrected chi connectivity index (χ4v) is 1.87. The van der Waals surface area contributed by atoms with Crippen LogP contribution in [-0.2, 0) is 0 Å². The van der Waals surface area contributed by atoms with E-state index in [4.69, 9.17) is 0 Å². The van der Waals surface area contributed by atoms with Crippen LogP contribution >= 0.6 is 0 Å². The Balaban J connectivity index is 1.68. The minimum atomic E-state index is 1.04. The van der Waals surface area contributed by atoms with Gasteiger partial charge in [0.15, 0.2) is 0 Å². The Hall–Kier alpha value is -3.14. The van der Waals surface area contributed by atoms with E-state index >= 15 is 0 Å². The molecule has 0 aliphatic rings. The molecule has 2 aromatic heterocycles. The van der Waals surface area contributed by atoms with Crippen molar-refractivity contribution in [1.82, 2.24) is 0 Å². The van der Waals surface area contributed by atoms with Crippen molar-refractivity contribution in [2.75, 3.05) is 0 Å². The lowest BCUT2D eigenvalue weighted by Gasteiger charge is -1.93. The van der Waals surface area contributed by atoms with Crippen LogP contribution in [0, 0.1) is 0 Å². The maximum Gasteiger partial charge on any atom is 0.202 e. The summed E-state index contributed by atoms with van der Waals surface area (Å²) in [6.07, 6.45) is 11.2. The van der Waals surface area contributed by atoms with E-state index in [9.17, 15) is 0 Å². The zero-order valence-electron chi connectivity index (χ0n) is 12.0. The van der Waals surface area contributed by atoms with Crippen LogP contribution in [0.1, 0.15) is 11.1 Å². The first kappa shape index (κ1) is 13.8. The summed E-state index contributed by atoms with van der Waals surface area (Å²) in [4.78, 5) is 0. The Bertz CT molecular complexity index is 695. The molecule has 3 rings (SSSR count). The number of hydrogen-bond acceptors (Lipinski definition) is 2. The normalized spacial score (nSPS) is 11.3. The number of aromatic nitrogens is 2. The molecular formula is C18H16N4+2. The van der Waals surface area contributed by atoms with Crippen LogP contribution in [0.4, 0.5) is 0 Å². The molecule has 0 aliphatic heterocycles. The molecule has 0 amide bonds. The average Bonchev–Trinajstić information content (AvgIpc) is 2.61. The molecule has 0 atom stereocenters. The van der Waals surface area contributed by atoms with Crippen molar-refractivity contribution in [3.8, 4) is 0 Å². The van der Waals surface area contributed by atoms with Gasteiger partial charge in [-0.25, -0.2) is 0 Å². The lowest BCUT2D eigenvalue weighted by Crippen LogP contribution is -2.25. The Kier molecular flexibility index (Phi) is 4.42. The van der Waals surface area contributed by atoms with Crippen LogP contribution in [0.2, 0.25) is 0 Å². The molecular weight excluding hydrogens is 272 g/mol. The Morgan fingerprint density at radius 2 is 0.909 bits per heavy atom. The maximum atomic E-state index is 4.35. The quantitative estimate of drug-likeness (QED) is 0.520. The van der Waals surface area contributed by atoms with Crippen molar-refractivity contribution in [3.05, 3.63) is 96.6 Å². The number of benzene rings is 1. The third-order valence-corrected chi connectivity index (χ3v) is 3.02. The van der Waals surface area contributed by atoms with E-state index in [0.29, 0.717) is 0 Å². The highest BCUT2D eigenvalue weighted by Gasteiger charge is 1.96. The van der Waals surface area contributed by atoms with E-state index in [1.54, 1.807) is 9.35 Å². The molecule has 3 aromatic rings. The van der Waals surface area contributed by atoms with Crippen LogP contribution < -0.4 is 9.35 Å². The lowest BCUT2D eigenvalue weighted by molar-refractivity contribution is -0.678. The van der Waals surface area contributed by atoms with Gasteiger partial charge in [-0.15, -0.1) is 0 Å². The molecule has 4 nitrogen and oxygen atoms in total. The van der Waals surface area contributed by atoms with Gasteiger partial charge in [0.05, 0.1) is 0 Å². The van der Waals surface area contributed by atoms with Crippen molar-refractivity contribution in [3.63, 3.8) is 0 Å². The van der Waals surface area contributed by atoms with Crippen LogP contribution in [-0.4, -0.2) is 12.4 Å². The van der Waals surface area contributed by atoms with Crippen LogP contribution in [0.5, 0.6) is 0 Å². The van der Waals surface area contributed by atoms with E-state index in [-0.39, 0.29) is 0 Å². The second kappa shape index (κ2) is 7.04. The van der Waals surface area contributed by atoms with Gasteiger partial charge in [0.1, 0.15) is 12.4 Å². The number of pyridine rings is 2. The minimum absolute atomic E-state index is 1.04. The third kappa shape index (κ3) is 3.93. The summed E-state index contributed by atoms with van der Waals surface area (Å²) in [6.45, 7) is 0. The van der Waals surface area contributed by atoms with Crippen molar-refractivity contribution < 1.29 is 9.35 Å². The fourth-order valence-electron chi connectivity index (χ4n) is 1.87. The largest absolute Gasteiger partial charge is 0.202 e. The molecule has 0 aliphatic carbocycles. The van der Waals surface area contributed by atoms with Gasteiger partial charge in [0.2, 0.25) is 24.8 Å². The van der Waals surface area contributed by atoms with E-state index < -0.39 is 0 Å². The highest BCUT2D eigenvalue weighted by molar-refractivity contribution is 5.83. The van der Waals surface area contributed by atoms with E-state index in [2.05, 4.69) is 10.2 Å². The highest BCUT2D eigenvalue weighted by atomic mass is 15.3. The molecule has 2 heterocycles. The van der Waals surface area contributed by atoms with Gasteiger partial charge < -0.3 is 0 Å². The number of hydrogen-bond donors (Lipinski definition) is 0. The standard InChI is InChI=1S/C18H16N4/c1-3-11-21(12-4-1)19-15-17-7-9-18(10-8-17)16-20-22-13-5-2-6-14-22/h1-16H/q+2. The maximum absolute atomic E-state index is 4.35. The summed E-state index contributed by atoms with van der Waals surface area (Å²) in [5.41, 5.74) is 2.08. The molecule has 1 aromatic carbocycles. The van der Waals surface area contributed by atoms with Crippen molar-refractivity contribution in [1.29, 1.82) is 0 Å². The van der Waals surface area contributed by atoms with Crippen LogP contribution in [0.3, 0.4) is 0 Å². The molecule has 0 unspecified atom stereocenters. The molecule has 106 valence electrons. The molecule has 0 saturated heterocycles. The predicted octanol–water partition coefficient (Wildman–Crippen LogP) is 2.03.